The van der Waals surface area contributed by atoms with Crippen LogP contribution in [0.2, 0.25) is 0 Å². The number of hydrogen-bond acceptors (Lipinski definition) is 6. The van der Waals surface area contributed by atoms with Crippen LogP contribution in [0.15, 0.2) is 29.4 Å². The Labute approximate surface area is 176 Å². The van der Waals surface area contributed by atoms with Crippen molar-refractivity contribution in [3.8, 4) is 0 Å². The molecule has 2 aliphatic rings. The lowest BCUT2D eigenvalue weighted by Gasteiger charge is -2.28. The van der Waals surface area contributed by atoms with Crippen molar-refractivity contribution >= 4 is 23.6 Å². The normalized spacial score (nSPS) is 16.8. The highest BCUT2D eigenvalue weighted by molar-refractivity contribution is 7.99. The van der Waals surface area contributed by atoms with Crippen molar-refractivity contribution in [1.82, 2.24) is 19.7 Å². The maximum atomic E-state index is 12.7. The van der Waals surface area contributed by atoms with Gasteiger partial charge in [-0.15, -0.1) is 10.2 Å². The molecule has 0 N–H and O–H groups in total. The number of hydrogen-bond donors (Lipinski definition) is 0. The summed E-state index contributed by atoms with van der Waals surface area (Å²) in [6, 6.07) is 8.94. The molecule has 0 bridgehead atoms. The van der Waals surface area contributed by atoms with Crippen LogP contribution in [0, 0.1) is 0 Å². The highest BCUT2D eigenvalue weighted by atomic mass is 32.2. The number of ether oxygens (including phenoxy) is 1. The number of nitrogens with zero attached hydrogens (tertiary/aromatic N) is 5. The molecule has 2 heterocycles. The van der Waals surface area contributed by atoms with Crippen LogP contribution in [0.3, 0.4) is 0 Å². The van der Waals surface area contributed by atoms with Gasteiger partial charge in [0.15, 0.2) is 5.16 Å². The number of aryl methyl sites for hydroxylation is 1. The molecule has 1 amide bonds. The highest BCUT2D eigenvalue weighted by Gasteiger charge is 2.32. The van der Waals surface area contributed by atoms with Gasteiger partial charge < -0.3 is 14.5 Å². The average molecular weight is 416 g/mol. The minimum atomic E-state index is 0.104. The van der Waals surface area contributed by atoms with Crippen molar-refractivity contribution in [2.45, 2.75) is 43.9 Å². The molecule has 1 aliphatic heterocycles. The Morgan fingerprint density at radius 1 is 1.17 bits per heavy atom. The van der Waals surface area contributed by atoms with E-state index in [-0.39, 0.29) is 5.91 Å². The van der Waals surface area contributed by atoms with Gasteiger partial charge in [-0.25, -0.2) is 0 Å². The third kappa shape index (κ3) is 4.93. The van der Waals surface area contributed by atoms with E-state index in [1.165, 1.54) is 17.3 Å². The predicted octanol–water partition coefficient (Wildman–Crippen LogP) is 2.76. The monoisotopic (exact) mass is 415 g/mol. The lowest BCUT2D eigenvalue weighted by molar-refractivity contribution is -0.127. The van der Waals surface area contributed by atoms with E-state index in [1.54, 1.807) is 4.90 Å². The molecule has 1 aliphatic carbocycles. The summed E-state index contributed by atoms with van der Waals surface area (Å²) in [7, 11) is 1.86. The van der Waals surface area contributed by atoms with Gasteiger partial charge in [-0.2, -0.15) is 0 Å². The number of amides is 1. The second kappa shape index (κ2) is 9.17. The first-order valence-electron chi connectivity index (χ1n) is 10.4. The molecule has 0 radical (unpaired) electrons. The second-order valence-corrected chi connectivity index (χ2v) is 8.63. The van der Waals surface area contributed by atoms with Crippen LogP contribution in [0.4, 0.5) is 5.95 Å². The van der Waals surface area contributed by atoms with Crippen LogP contribution < -0.4 is 4.90 Å². The summed E-state index contributed by atoms with van der Waals surface area (Å²) in [6.45, 7) is 5.90. The Morgan fingerprint density at radius 3 is 2.52 bits per heavy atom. The fourth-order valence-corrected chi connectivity index (χ4v) is 4.42. The topological polar surface area (TPSA) is 63.5 Å². The van der Waals surface area contributed by atoms with E-state index in [4.69, 9.17) is 4.74 Å². The van der Waals surface area contributed by atoms with Gasteiger partial charge in [-0.1, -0.05) is 43.0 Å². The SMILES string of the molecule is CCc1ccc(CN(C)C(=O)CSc2nnc(N3CCOCC3)n2C2CC2)cc1. The summed E-state index contributed by atoms with van der Waals surface area (Å²) >= 11 is 1.49. The molecule has 1 aromatic carbocycles. The van der Waals surface area contributed by atoms with E-state index in [1.807, 2.05) is 7.05 Å². The first-order chi connectivity index (χ1) is 14.2. The number of anilines is 1. The number of carbonyl (C=O) groups is 1. The molecule has 156 valence electrons. The molecule has 0 atom stereocenters. The molecule has 0 unspecified atom stereocenters. The van der Waals surface area contributed by atoms with Crippen LogP contribution in [-0.4, -0.2) is 64.7 Å². The first kappa shape index (κ1) is 20.2. The number of aromatic nitrogens is 3. The second-order valence-electron chi connectivity index (χ2n) is 7.69. The molecular formula is C21H29N5O2S. The van der Waals surface area contributed by atoms with Crippen molar-refractivity contribution < 1.29 is 9.53 Å². The molecule has 1 aromatic heterocycles. The quantitative estimate of drug-likeness (QED) is 0.618. The van der Waals surface area contributed by atoms with Gasteiger partial charge >= 0.3 is 0 Å². The van der Waals surface area contributed by atoms with E-state index in [2.05, 4.69) is 50.9 Å². The number of carbonyl (C=O) groups excluding carboxylic acids is 1. The third-order valence-corrected chi connectivity index (χ3v) is 6.38. The van der Waals surface area contributed by atoms with Gasteiger partial charge in [0.1, 0.15) is 0 Å². The van der Waals surface area contributed by atoms with Crippen molar-refractivity contribution in [3.63, 3.8) is 0 Å². The van der Waals surface area contributed by atoms with Crippen molar-refractivity contribution in [2.75, 3.05) is 44.0 Å². The smallest absolute Gasteiger partial charge is 0.233 e. The maximum Gasteiger partial charge on any atom is 0.233 e. The molecule has 2 fully saturated rings. The summed E-state index contributed by atoms with van der Waals surface area (Å²) in [5.41, 5.74) is 2.47. The van der Waals surface area contributed by atoms with E-state index in [0.717, 1.165) is 62.2 Å². The van der Waals surface area contributed by atoms with Crippen LogP contribution in [0.1, 0.15) is 36.9 Å². The number of morpholine rings is 1. The van der Waals surface area contributed by atoms with Gasteiger partial charge in [0.05, 0.1) is 19.0 Å². The van der Waals surface area contributed by atoms with Gasteiger partial charge in [-0.3, -0.25) is 9.36 Å². The zero-order valence-corrected chi connectivity index (χ0v) is 18.0. The Morgan fingerprint density at radius 2 is 1.86 bits per heavy atom. The molecule has 0 spiro atoms. The molecule has 2 aromatic rings. The van der Waals surface area contributed by atoms with Crippen molar-refractivity contribution in [1.29, 1.82) is 0 Å². The van der Waals surface area contributed by atoms with E-state index < -0.39 is 0 Å². The third-order valence-electron chi connectivity index (χ3n) is 5.45. The van der Waals surface area contributed by atoms with Crippen LogP contribution in [-0.2, 0) is 22.5 Å². The summed E-state index contributed by atoms with van der Waals surface area (Å²) < 4.78 is 7.69. The molecule has 7 nitrogen and oxygen atoms in total. The molecule has 29 heavy (non-hydrogen) atoms. The van der Waals surface area contributed by atoms with E-state index >= 15 is 0 Å². The Hall–Kier alpha value is -2.06. The average Bonchev–Trinajstić information content (AvgIpc) is 3.52. The van der Waals surface area contributed by atoms with Crippen LogP contribution in [0.25, 0.3) is 0 Å². The molecule has 8 heteroatoms. The van der Waals surface area contributed by atoms with E-state index in [0.29, 0.717) is 18.3 Å². The number of thioether (sulfide) groups is 1. The first-order valence-corrected chi connectivity index (χ1v) is 11.4. The van der Waals surface area contributed by atoms with Crippen LogP contribution in [0.5, 0.6) is 0 Å². The summed E-state index contributed by atoms with van der Waals surface area (Å²) in [4.78, 5) is 16.7. The van der Waals surface area contributed by atoms with Gasteiger partial charge in [0.2, 0.25) is 11.9 Å². The summed E-state index contributed by atoms with van der Waals surface area (Å²) in [5.74, 6) is 1.40. The van der Waals surface area contributed by atoms with Gasteiger partial charge in [0.25, 0.3) is 0 Å². The zero-order valence-electron chi connectivity index (χ0n) is 17.2. The lowest BCUT2D eigenvalue weighted by Crippen LogP contribution is -2.38. The van der Waals surface area contributed by atoms with E-state index in [9.17, 15) is 4.79 Å². The standard InChI is InChI=1S/C21H29N5O2S/c1-3-16-4-6-17(7-5-16)14-24(2)19(27)15-29-21-23-22-20(26(21)18-8-9-18)25-10-12-28-13-11-25/h4-7,18H,3,8-15H2,1-2H3. The fourth-order valence-electron chi connectivity index (χ4n) is 3.48. The number of benzene rings is 1. The largest absolute Gasteiger partial charge is 0.378 e. The Balaban J connectivity index is 1.36. The predicted molar refractivity (Wildman–Crippen MR) is 114 cm³/mol. The highest BCUT2D eigenvalue weighted by Crippen LogP contribution is 2.41. The summed E-state index contributed by atoms with van der Waals surface area (Å²) in [5, 5.41) is 9.71. The molecule has 1 saturated carbocycles. The zero-order chi connectivity index (χ0) is 20.2. The lowest BCUT2D eigenvalue weighted by atomic mass is 10.1. The minimum absolute atomic E-state index is 0.104. The Kier molecular flexibility index (Phi) is 6.40. The fraction of sp³-hybridized carbons (Fsp3) is 0.571. The number of rotatable bonds is 8. The van der Waals surface area contributed by atoms with Gasteiger partial charge in [0, 0.05) is 32.7 Å². The minimum Gasteiger partial charge on any atom is -0.378 e. The summed E-state index contributed by atoms with van der Waals surface area (Å²) in [6.07, 6.45) is 3.34. The molecule has 1 saturated heterocycles. The van der Waals surface area contributed by atoms with Crippen molar-refractivity contribution in [3.05, 3.63) is 35.4 Å². The van der Waals surface area contributed by atoms with Crippen molar-refractivity contribution in [2.24, 2.45) is 0 Å². The molecule has 4 rings (SSSR count). The molecular weight excluding hydrogens is 386 g/mol. The Bertz CT molecular complexity index is 828. The maximum absolute atomic E-state index is 12.7. The van der Waals surface area contributed by atoms with Crippen LogP contribution >= 0.6 is 11.8 Å². The van der Waals surface area contributed by atoms with Gasteiger partial charge in [-0.05, 0) is 30.4 Å².